The Hall–Kier alpha value is -3.02. The van der Waals surface area contributed by atoms with Crippen LogP contribution in [0, 0.1) is 11.6 Å². The molecule has 1 unspecified atom stereocenters. The van der Waals surface area contributed by atoms with Gasteiger partial charge >= 0.3 is 0 Å². The quantitative estimate of drug-likeness (QED) is 0.781. The van der Waals surface area contributed by atoms with Gasteiger partial charge in [0.25, 0.3) is 0 Å². The number of para-hydroxylation sites is 1. The van der Waals surface area contributed by atoms with Crippen LogP contribution in [0.15, 0.2) is 53.7 Å². The van der Waals surface area contributed by atoms with Gasteiger partial charge in [0.05, 0.1) is 5.69 Å². The highest BCUT2D eigenvalue weighted by Gasteiger charge is 2.30. The Morgan fingerprint density at radius 1 is 1.15 bits per heavy atom. The summed E-state index contributed by atoms with van der Waals surface area (Å²) in [6.45, 7) is 0.665. The first-order valence-electron chi connectivity index (χ1n) is 8.38. The van der Waals surface area contributed by atoms with Crippen molar-refractivity contribution in [3.8, 4) is 0 Å². The van der Waals surface area contributed by atoms with Crippen molar-refractivity contribution in [2.75, 3.05) is 6.54 Å². The number of amides is 1. The highest BCUT2D eigenvalue weighted by atomic mass is 19.2. The SMILES string of the molecule is O=CN1CCCC1C1=Nc2ccccc2C(c2ccc(F)c(F)c2)=CO1. The van der Waals surface area contributed by atoms with Crippen LogP contribution in [0.25, 0.3) is 5.57 Å². The van der Waals surface area contributed by atoms with Crippen molar-refractivity contribution in [1.82, 2.24) is 4.90 Å². The number of halogens is 2. The maximum absolute atomic E-state index is 13.7. The predicted molar refractivity (Wildman–Crippen MR) is 93.9 cm³/mol. The van der Waals surface area contributed by atoms with Gasteiger partial charge in [-0.25, -0.2) is 13.8 Å². The van der Waals surface area contributed by atoms with E-state index in [1.807, 2.05) is 24.3 Å². The smallest absolute Gasteiger partial charge is 0.217 e. The van der Waals surface area contributed by atoms with Crippen LogP contribution < -0.4 is 0 Å². The van der Waals surface area contributed by atoms with E-state index in [1.165, 1.54) is 12.3 Å². The van der Waals surface area contributed by atoms with Crippen LogP contribution in [0.2, 0.25) is 0 Å². The van der Waals surface area contributed by atoms with Crippen molar-refractivity contribution in [3.05, 3.63) is 71.5 Å². The van der Waals surface area contributed by atoms with Gasteiger partial charge in [-0.1, -0.05) is 24.3 Å². The lowest BCUT2D eigenvalue weighted by atomic mass is 9.97. The minimum absolute atomic E-state index is 0.221. The molecule has 4 nitrogen and oxygen atoms in total. The first-order valence-corrected chi connectivity index (χ1v) is 8.38. The van der Waals surface area contributed by atoms with Crippen molar-refractivity contribution in [2.24, 2.45) is 4.99 Å². The van der Waals surface area contributed by atoms with Gasteiger partial charge in [-0.05, 0) is 36.6 Å². The molecule has 1 fully saturated rings. The number of nitrogens with zero attached hydrogens (tertiary/aromatic N) is 2. The zero-order valence-electron chi connectivity index (χ0n) is 13.9. The largest absolute Gasteiger partial charge is 0.448 e. The number of fused-ring (bicyclic) bond motifs is 1. The molecule has 1 atom stereocenters. The highest BCUT2D eigenvalue weighted by molar-refractivity contribution is 5.94. The molecule has 2 aromatic rings. The van der Waals surface area contributed by atoms with Crippen molar-refractivity contribution in [3.63, 3.8) is 0 Å². The molecule has 132 valence electrons. The second kappa shape index (κ2) is 6.71. The molecule has 4 rings (SSSR count). The van der Waals surface area contributed by atoms with E-state index in [1.54, 1.807) is 4.90 Å². The Labute approximate surface area is 149 Å². The predicted octanol–water partition coefficient (Wildman–Crippen LogP) is 4.04. The van der Waals surface area contributed by atoms with E-state index < -0.39 is 11.6 Å². The minimum atomic E-state index is -0.922. The van der Waals surface area contributed by atoms with E-state index >= 15 is 0 Å². The van der Waals surface area contributed by atoms with Gasteiger partial charge in [0.1, 0.15) is 12.3 Å². The molecule has 6 heteroatoms. The monoisotopic (exact) mass is 354 g/mol. The Morgan fingerprint density at radius 2 is 2.00 bits per heavy atom. The summed E-state index contributed by atoms with van der Waals surface area (Å²) >= 11 is 0. The van der Waals surface area contributed by atoms with Crippen LogP contribution in [-0.4, -0.2) is 29.8 Å². The van der Waals surface area contributed by atoms with E-state index in [-0.39, 0.29) is 6.04 Å². The standard InChI is InChI=1S/C20H16F2N2O2/c21-16-8-7-13(10-17(16)22)15-11-26-20(19-6-3-9-24(19)12-25)23-18-5-2-1-4-14(15)18/h1-2,4-5,7-8,10-12,19H,3,6,9H2. The zero-order chi connectivity index (χ0) is 18.1. The van der Waals surface area contributed by atoms with Crippen LogP contribution in [0.3, 0.4) is 0 Å². The lowest BCUT2D eigenvalue weighted by Crippen LogP contribution is -2.35. The van der Waals surface area contributed by atoms with Gasteiger partial charge in [-0.3, -0.25) is 4.79 Å². The fraction of sp³-hybridized carbons (Fsp3) is 0.200. The first-order chi connectivity index (χ1) is 12.7. The maximum Gasteiger partial charge on any atom is 0.217 e. The number of carbonyl (C=O) groups is 1. The molecular weight excluding hydrogens is 338 g/mol. The summed E-state index contributed by atoms with van der Waals surface area (Å²) in [6, 6.07) is 10.9. The fourth-order valence-electron chi connectivity index (χ4n) is 3.35. The molecule has 2 aliphatic rings. The number of aliphatic imine (C=N–C) groups is 1. The van der Waals surface area contributed by atoms with E-state index in [2.05, 4.69) is 4.99 Å². The molecule has 0 aromatic heterocycles. The van der Waals surface area contributed by atoms with E-state index in [0.29, 0.717) is 29.3 Å². The maximum atomic E-state index is 13.7. The lowest BCUT2D eigenvalue weighted by molar-refractivity contribution is -0.118. The molecule has 1 saturated heterocycles. The normalized spacial score (nSPS) is 19.2. The molecule has 0 aliphatic carbocycles. The molecule has 2 aliphatic heterocycles. The summed E-state index contributed by atoms with van der Waals surface area (Å²) in [5.74, 6) is -1.39. The Kier molecular flexibility index (Phi) is 4.24. The summed E-state index contributed by atoms with van der Waals surface area (Å²) in [6.07, 6.45) is 3.96. The molecule has 0 spiro atoms. The molecule has 0 bridgehead atoms. The third-order valence-corrected chi connectivity index (χ3v) is 4.67. The number of hydrogen-bond acceptors (Lipinski definition) is 3. The molecule has 0 N–H and O–H groups in total. The van der Waals surface area contributed by atoms with Crippen LogP contribution in [0.1, 0.15) is 24.0 Å². The number of ether oxygens (including phenoxy) is 1. The van der Waals surface area contributed by atoms with Crippen LogP contribution in [-0.2, 0) is 9.53 Å². The number of hydrogen-bond donors (Lipinski definition) is 0. The summed E-state index contributed by atoms with van der Waals surface area (Å²) in [4.78, 5) is 17.5. The molecule has 2 aromatic carbocycles. The number of carbonyl (C=O) groups excluding carboxylic acids is 1. The van der Waals surface area contributed by atoms with E-state index in [0.717, 1.165) is 36.9 Å². The fourth-order valence-corrected chi connectivity index (χ4v) is 3.35. The minimum Gasteiger partial charge on any atom is -0.448 e. The average Bonchev–Trinajstić information content (AvgIpc) is 3.05. The number of benzene rings is 2. The van der Waals surface area contributed by atoms with Gasteiger partial charge < -0.3 is 9.64 Å². The van der Waals surface area contributed by atoms with Gasteiger partial charge in [-0.2, -0.15) is 0 Å². The van der Waals surface area contributed by atoms with Gasteiger partial charge in [0.15, 0.2) is 11.6 Å². The van der Waals surface area contributed by atoms with Crippen molar-refractivity contribution >= 4 is 23.6 Å². The molecule has 26 heavy (non-hydrogen) atoms. The molecule has 2 heterocycles. The van der Waals surface area contributed by atoms with Gasteiger partial charge in [0.2, 0.25) is 12.3 Å². The third-order valence-electron chi connectivity index (χ3n) is 4.67. The number of rotatable bonds is 3. The summed E-state index contributed by atoms with van der Waals surface area (Å²) in [5, 5.41) is 0. The van der Waals surface area contributed by atoms with Crippen LogP contribution in [0.5, 0.6) is 0 Å². The molecule has 0 radical (unpaired) electrons. The van der Waals surface area contributed by atoms with Crippen molar-refractivity contribution < 1.29 is 18.3 Å². The third kappa shape index (κ3) is 2.87. The van der Waals surface area contributed by atoms with E-state index in [4.69, 9.17) is 4.74 Å². The van der Waals surface area contributed by atoms with Gasteiger partial charge in [-0.15, -0.1) is 0 Å². The molecule has 0 saturated carbocycles. The second-order valence-electron chi connectivity index (χ2n) is 6.25. The summed E-state index contributed by atoms with van der Waals surface area (Å²) in [5.41, 5.74) is 2.51. The Bertz CT molecular complexity index is 924. The summed E-state index contributed by atoms with van der Waals surface area (Å²) < 4.78 is 32.8. The average molecular weight is 354 g/mol. The Morgan fingerprint density at radius 3 is 2.81 bits per heavy atom. The van der Waals surface area contributed by atoms with Crippen molar-refractivity contribution in [2.45, 2.75) is 18.9 Å². The lowest BCUT2D eigenvalue weighted by Gasteiger charge is -2.20. The second-order valence-corrected chi connectivity index (χ2v) is 6.25. The van der Waals surface area contributed by atoms with E-state index in [9.17, 15) is 13.6 Å². The highest BCUT2D eigenvalue weighted by Crippen LogP contribution is 2.35. The first kappa shape index (κ1) is 16.4. The topological polar surface area (TPSA) is 41.9 Å². The summed E-state index contributed by atoms with van der Waals surface area (Å²) in [7, 11) is 0. The zero-order valence-corrected chi connectivity index (χ0v) is 13.9. The van der Waals surface area contributed by atoms with Crippen LogP contribution in [0.4, 0.5) is 14.5 Å². The number of likely N-dealkylation sites (tertiary alicyclic amines) is 1. The van der Waals surface area contributed by atoms with Crippen molar-refractivity contribution in [1.29, 1.82) is 0 Å². The van der Waals surface area contributed by atoms with Crippen LogP contribution >= 0.6 is 0 Å². The van der Waals surface area contributed by atoms with Gasteiger partial charge in [0, 0.05) is 17.7 Å². The molecular formula is C20H16F2N2O2. The Balaban J connectivity index is 1.79. The molecule has 1 amide bonds.